The second-order valence-corrected chi connectivity index (χ2v) is 4.70. The zero-order valence-corrected chi connectivity index (χ0v) is 12.9. The van der Waals surface area contributed by atoms with Crippen LogP contribution in [0.3, 0.4) is 0 Å². The molecule has 0 heterocycles. The van der Waals surface area contributed by atoms with Gasteiger partial charge in [-0.1, -0.05) is 73.8 Å². The smallest absolute Gasteiger partial charge is 0.0474 e. The van der Waals surface area contributed by atoms with E-state index in [0.717, 1.165) is 22.3 Å². The Hall–Kier alpha value is -1.50. The lowest BCUT2D eigenvalue weighted by atomic mass is 10.1. The maximum absolute atomic E-state index is 5.62. The number of hydrogen-bond donors (Lipinski definition) is 0. The molecule has 0 N–H and O–H groups in total. The summed E-state index contributed by atoms with van der Waals surface area (Å²) in [5.74, 6) is 1.14. The van der Waals surface area contributed by atoms with Crippen LogP contribution in [0.15, 0.2) is 61.7 Å². The van der Waals surface area contributed by atoms with Crippen LogP contribution in [0.1, 0.15) is 22.3 Å². The van der Waals surface area contributed by atoms with Gasteiger partial charge in [0, 0.05) is 11.8 Å². The summed E-state index contributed by atoms with van der Waals surface area (Å²) in [6.45, 7) is 7.33. The van der Waals surface area contributed by atoms with Gasteiger partial charge in [-0.2, -0.15) is 0 Å². The molecule has 2 rings (SSSR count). The van der Waals surface area contributed by atoms with Crippen molar-refractivity contribution < 1.29 is 0 Å². The fourth-order valence-electron chi connectivity index (χ4n) is 1.61. The second kappa shape index (κ2) is 9.41. The van der Waals surface area contributed by atoms with Gasteiger partial charge in [-0.05, 0) is 22.3 Å². The summed E-state index contributed by atoms with van der Waals surface area (Å²) in [4.78, 5) is 0. The zero-order chi connectivity index (χ0) is 14.8. The highest BCUT2D eigenvalue weighted by Crippen LogP contribution is 2.08. The van der Waals surface area contributed by atoms with Gasteiger partial charge in [0.2, 0.25) is 0 Å². The summed E-state index contributed by atoms with van der Waals surface area (Å²) in [7, 11) is 0. The van der Waals surface area contributed by atoms with Crippen molar-refractivity contribution in [2.24, 2.45) is 0 Å². The monoisotopic (exact) mass is 304 g/mol. The van der Waals surface area contributed by atoms with Crippen molar-refractivity contribution in [3.05, 3.63) is 83.9 Å². The Morgan fingerprint density at radius 1 is 0.750 bits per heavy atom. The van der Waals surface area contributed by atoms with Gasteiger partial charge in [0.25, 0.3) is 0 Å². The molecule has 0 bridgehead atoms. The van der Waals surface area contributed by atoms with E-state index in [2.05, 4.69) is 13.2 Å². The highest BCUT2D eigenvalue weighted by molar-refractivity contribution is 6.17. The van der Waals surface area contributed by atoms with Crippen molar-refractivity contribution in [1.29, 1.82) is 0 Å². The van der Waals surface area contributed by atoms with E-state index in [1.807, 2.05) is 60.7 Å². The molecule has 0 aliphatic heterocycles. The first-order valence-corrected chi connectivity index (χ1v) is 7.35. The molecule has 0 spiro atoms. The predicted molar refractivity (Wildman–Crippen MR) is 92.2 cm³/mol. The van der Waals surface area contributed by atoms with Crippen LogP contribution in [0.2, 0.25) is 0 Å². The van der Waals surface area contributed by atoms with E-state index in [1.54, 1.807) is 0 Å². The first kappa shape index (κ1) is 16.6. The van der Waals surface area contributed by atoms with Gasteiger partial charge in [-0.15, -0.1) is 23.2 Å². The molecule has 2 aromatic rings. The molecule has 2 heteroatoms. The first-order chi connectivity index (χ1) is 9.73. The fraction of sp³-hybridized carbons (Fsp3) is 0.111. The number of hydrogen-bond acceptors (Lipinski definition) is 0. The Balaban J connectivity index is 0.000000200. The van der Waals surface area contributed by atoms with Crippen molar-refractivity contribution in [2.75, 3.05) is 0 Å². The van der Waals surface area contributed by atoms with Crippen molar-refractivity contribution in [3.8, 4) is 0 Å². The lowest BCUT2D eigenvalue weighted by Gasteiger charge is -1.95. The summed E-state index contributed by atoms with van der Waals surface area (Å²) >= 11 is 11.2. The van der Waals surface area contributed by atoms with E-state index in [9.17, 15) is 0 Å². The van der Waals surface area contributed by atoms with Gasteiger partial charge in [-0.25, -0.2) is 0 Å². The maximum atomic E-state index is 5.62. The number of benzene rings is 2. The summed E-state index contributed by atoms with van der Waals surface area (Å²) in [5.41, 5.74) is 4.52. The highest BCUT2D eigenvalue weighted by atomic mass is 35.5. The van der Waals surface area contributed by atoms with Crippen LogP contribution in [-0.2, 0) is 11.8 Å². The van der Waals surface area contributed by atoms with Crippen LogP contribution in [0.5, 0.6) is 0 Å². The number of halogens is 2. The van der Waals surface area contributed by atoms with E-state index >= 15 is 0 Å². The molecule has 0 unspecified atom stereocenters. The molecular weight excluding hydrogens is 287 g/mol. The summed E-state index contributed by atoms with van der Waals surface area (Å²) in [6, 6.07) is 16.0. The molecule has 104 valence electrons. The van der Waals surface area contributed by atoms with E-state index in [4.69, 9.17) is 23.2 Å². The standard InChI is InChI=1S/2C9H9Cl/c2*1-2-8-4-3-5-9(6-8)7-10/h2*2-6H,1,7H2. The molecule has 0 aliphatic carbocycles. The molecular formula is C18H18Cl2. The van der Waals surface area contributed by atoms with Gasteiger partial charge in [-0.3, -0.25) is 0 Å². The molecule has 0 aromatic heterocycles. The minimum Gasteiger partial charge on any atom is -0.122 e. The van der Waals surface area contributed by atoms with Crippen molar-refractivity contribution >= 4 is 35.4 Å². The minimum atomic E-state index is 0.571. The minimum absolute atomic E-state index is 0.571. The SMILES string of the molecule is C=Cc1cccc(CCl)c1.C=Cc1cccc(CCl)c1. The molecule has 2 aromatic carbocycles. The Labute approximate surface area is 131 Å². The van der Waals surface area contributed by atoms with Crippen molar-refractivity contribution in [3.63, 3.8) is 0 Å². The zero-order valence-electron chi connectivity index (χ0n) is 11.4. The first-order valence-electron chi connectivity index (χ1n) is 6.28. The fourth-order valence-corrected chi connectivity index (χ4v) is 1.94. The Morgan fingerprint density at radius 3 is 1.45 bits per heavy atom. The predicted octanol–water partition coefficient (Wildman–Crippen LogP) is 6.14. The highest BCUT2D eigenvalue weighted by Gasteiger charge is 1.89. The molecule has 0 aliphatic rings. The van der Waals surface area contributed by atoms with Crippen LogP contribution in [-0.4, -0.2) is 0 Å². The molecule has 0 nitrogen and oxygen atoms in total. The van der Waals surface area contributed by atoms with Gasteiger partial charge in [0.1, 0.15) is 0 Å². The van der Waals surface area contributed by atoms with Crippen molar-refractivity contribution in [1.82, 2.24) is 0 Å². The molecule has 0 fully saturated rings. The van der Waals surface area contributed by atoms with Gasteiger partial charge < -0.3 is 0 Å². The lowest BCUT2D eigenvalue weighted by Crippen LogP contribution is -1.77. The Morgan fingerprint density at radius 2 is 1.15 bits per heavy atom. The van der Waals surface area contributed by atoms with Crippen LogP contribution < -0.4 is 0 Å². The van der Waals surface area contributed by atoms with Gasteiger partial charge in [0.05, 0.1) is 0 Å². The van der Waals surface area contributed by atoms with Crippen molar-refractivity contribution in [2.45, 2.75) is 11.8 Å². The molecule has 0 atom stereocenters. The van der Waals surface area contributed by atoms with Gasteiger partial charge in [0.15, 0.2) is 0 Å². The number of rotatable bonds is 4. The quantitative estimate of drug-likeness (QED) is 0.595. The molecule has 0 amide bonds. The van der Waals surface area contributed by atoms with Crippen LogP contribution in [0.4, 0.5) is 0 Å². The summed E-state index contributed by atoms with van der Waals surface area (Å²) in [5, 5.41) is 0. The third-order valence-corrected chi connectivity index (χ3v) is 3.30. The molecule has 0 saturated heterocycles. The van der Waals surface area contributed by atoms with E-state index in [1.165, 1.54) is 0 Å². The molecule has 20 heavy (non-hydrogen) atoms. The third-order valence-electron chi connectivity index (χ3n) is 2.68. The average Bonchev–Trinajstić information content (AvgIpc) is 2.55. The average molecular weight is 305 g/mol. The van der Waals surface area contributed by atoms with Crippen LogP contribution in [0, 0.1) is 0 Å². The van der Waals surface area contributed by atoms with Gasteiger partial charge >= 0.3 is 0 Å². The normalized spacial score (nSPS) is 9.30. The summed E-state index contributed by atoms with van der Waals surface area (Å²) < 4.78 is 0. The topological polar surface area (TPSA) is 0 Å². The van der Waals surface area contributed by atoms with Crippen LogP contribution in [0.25, 0.3) is 12.2 Å². The maximum Gasteiger partial charge on any atom is 0.0474 e. The second-order valence-electron chi connectivity index (χ2n) is 4.17. The molecule has 0 saturated carbocycles. The van der Waals surface area contributed by atoms with E-state index in [0.29, 0.717) is 11.8 Å². The van der Waals surface area contributed by atoms with E-state index < -0.39 is 0 Å². The largest absolute Gasteiger partial charge is 0.122 e. The Kier molecular flexibility index (Phi) is 7.79. The third kappa shape index (κ3) is 5.64. The summed E-state index contributed by atoms with van der Waals surface area (Å²) in [6.07, 6.45) is 3.63. The lowest BCUT2D eigenvalue weighted by molar-refractivity contribution is 1.39. The number of alkyl halides is 2. The van der Waals surface area contributed by atoms with Crippen LogP contribution >= 0.6 is 23.2 Å². The van der Waals surface area contributed by atoms with E-state index in [-0.39, 0.29) is 0 Å². The Bertz CT molecular complexity index is 507. The molecule has 0 radical (unpaired) electrons.